The third-order valence-electron chi connectivity index (χ3n) is 4.05. The summed E-state index contributed by atoms with van der Waals surface area (Å²) in [5.74, 6) is 2.61. The molecule has 1 atom stereocenters. The van der Waals surface area contributed by atoms with E-state index in [1.54, 1.807) is 0 Å². The lowest BCUT2D eigenvalue weighted by atomic mass is 9.90. The molecular formula is C14H25N5. The van der Waals surface area contributed by atoms with Gasteiger partial charge in [-0.3, -0.25) is 0 Å². The molecule has 1 saturated heterocycles. The van der Waals surface area contributed by atoms with Gasteiger partial charge in [0.15, 0.2) is 0 Å². The summed E-state index contributed by atoms with van der Waals surface area (Å²) in [7, 11) is 5.99. The van der Waals surface area contributed by atoms with Gasteiger partial charge in [0, 0.05) is 39.4 Å². The largest absolute Gasteiger partial charge is 0.356 e. The molecule has 2 heterocycles. The first-order valence-corrected chi connectivity index (χ1v) is 7.04. The van der Waals surface area contributed by atoms with Gasteiger partial charge in [-0.2, -0.15) is 4.98 Å². The van der Waals surface area contributed by atoms with Crippen LogP contribution in [0.2, 0.25) is 0 Å². The van der Waals surface area contributed by atoms with E-state index in [-0.39, 0.29) is 0 Å². The second-order valence-electron chi connectivity index (χ2n) is 5.51. The number of nitrogens with one attached hydrogen (secondary N) is 1. The van der Waals surface area contributed by atoms with Gasteiger partial charge in [-0.25, -0.2) is 4.98 Å². The summed E-state index contributed by atoms with van der Waals surface area (Å²) in [5, 5.41) is 3.36. The molecule has 2 rings (SSSR count). The first-order valence-electron chi connectivity index (χ1n) is 7.04. The molecule has 1 N–H and O–H groups in total. The standard InChI is InChI=1S/C14H25N5/c1-11(15-2)12-6-9-19(10-7-12)13-5-8-16-14(17-13)18(3)4/h5,8,11-12,15H,6-7,9-10H2,1-4H3. The van der Waals surface area contributed by atoms with Crippen molar-refractivity contribution in [2.75, 3.05) is 44.0 Å². The smallest absolute Gasteiger partial charge is 0.226 e. The predicted molar refractivity (Wildman–Crippen MR) is 79.8 cm³/mol. The normalized spacial score (nSPS) is 18.4. The summed E-state index contributed by atoms with van der Waals surface area (Å²) < 4.78 is 0. The zero-order valence-corrected chi connectivity index (χ0v) is 12.4. The van der Waals surface area contributed by atoms with Crippen molar-refractivity contribution in [2.24, 2.45) is 5.92 Å². The van der Waals surface area contributed by atoms with Crippen LogP contribution in [0, 0.1) is 5.92 Å². The van der Waals surface area contributed by atoms with E-state index >= 15 is 0 Å². The van der Waals surface area contributed by atoms with E-state index in [1.165, 1.54) is 12.8 Å². The minimum absolute atomic E-state index is 0.602. The van der Waals surface area contributed by atoms with E-state index in [2.05, 4.69) is 27.1 Å². The zero-order valence-electron chi connectivity index (χ0n) is 12.4. The molecule has 1 aromatic heterocycles. The van der Waals surface area contributed by atoms with Crippen LogP contribution in [0.4, 0.5) is 11.8 Å². The highest BCUT2D eigenvalue weighted by atomic mass is 15.3. The molecule has 5 nitrogen and oxygen atoms in total. The molecule has 19 heavy (non-hydrogen) atoms. The van der Waals surface area contributed by atoms with Crippen LogP contribution in [0.25, 0.3) is 0 Å². The summed E-state index contributed by atoms with van der Waals surface area (Å²) in [6, 6.07) is 2.61. The van der Waals surface area contributed by atoms with Gasteiger partial charge in [0.2, 0.25) is 5.95 Å². The molecule has 0 saturated carbocycles. The Kier molecular flexibility index (Phi) is 4.58. The maximum absolute atomic E-state index is 4.61. The van der Waals surface area contributed by atoms with E-state index in [9.17, 15) is 0 Å². The lowest BCUT2D eigenvalue weighted by molar-refractivity contribution is 0.323. The van der Waals surface area contributed by atoms with Crippen LogP contribution in [-0.2, 0) is 0 Å². The summed E-state index contributed by atoms with van der Waals surface area (Å²) >= 11 is 0. The Balaban J connectivity index is 1.99. The van der Waals surface area contributed by atoms with E-state index in [4.69, 9.17) is 0 Å². The van der Waals surface area contributed by atoms with Crippen LogP contribution in [0.3, 0.4) is 0 Å². The Morgan fingerprint density at radius 3 is 2.63 bits per heavy atom. The maximum atomic E-state index is 4.61. The highest BCUT2D eigenvalue weighted by Gasteiger charge is 2.23. The molecule has 1 unspecified atom stereocenters. The van der Waals surface area contributed by atoms with Crippen molar-refractivity contribution in [3.05, 3.63) is 12.3 Å². The number of nitrogens with zero attached hydrogens (tertiary/aromatic N) is 4. The lowest BCUT2D eigenvalue weighted by Crippen LogP contribution is -2.41. The summed E-state index contributed by atoms with van der Waals surface area (Å²) in [6.07, 6.45) is 4.30. The third kappa shape index (κ3) is 3.35. The molecule has 5 heteroatoms. The minimum Gasteiger partial charge on any atom is -0.356 e. The van der Waals surface area contributed by atoms with Crippen molar-refractivity contribution in [3.8, 4) is 0 Å². The molecule has 1 aliphatic rings. The van der Waals surface area contributed by atoms with Crippen molar-refractivity contribution in [1.29, 1.82) is 0 Å². The average molecular weight is 263 g/mol. The van der Waals surface area contributed by atoms with Crippen molar-refractivity contribution < 1.29 is 0 Å². The monoisotopic (exact) mass is 263 g/mol. The lowest BCUT2D eigenvalue weighted by Gasteiger charge is -2.35. The Morgan fingerprint density at radius 2 is 2.05 bits per heavy atom. The van der Waals surface area contributed by atoms with Gasteiger partial charge in [-0.15, -0.1) is 0 Å². The van der Waals surface area contributed by atoms with Crippen LogP contribution >= 0.6 is 0 Å². The van der Waals surface area contributed by atoms with Crippen LogP contribution in [0.1, 0.15) is 19.8 Å². The number of hydrogen-bond donors (Lipinski definition) is 1. The van der Waals surface area contributed by atoms with Crippen molar-refractivity contribution >= 4 is 11.8 Å². The second kappa shape index (κ2) is 6.19. The Hall–Kier alpha value is -1.36. The minimum atomic E-state index is 0.602. The van der Waals surface area contributed by atoms with Crippen molar-refractivity contribution in [2.45, 2.75) is 25.8 Å². The molecule has 106 valence electrons. The SMILES string of the molecule is CNC(C)C1CCN(c2ccnc(N(C)C)n2)CC1. The molecule has 0 aromatic carbocycles. The van der Waals surface area contributed by atoms with E-state index in [0.717, 1.165) is 30.8 Å². The highest BCUT2D eigenvalue weighted by molar-refractivity contribution is 5.43. The summed E-state index contributed by atoms with van der Waals surface area (Å²) in [5.41, 5.74) is 0. The predicted octanol–water partition coefficient (Wildman–Crippen LogP) is 1.37. The highest BCUT2D eigenvalue weighted by Crippen LogP contribution is 2.24. The molecular weight excluding hydrogens is 238 g/mol. The van der Waals surface area contributed by atoms with Crippen LogP contribution in [0.5, 0.6) is 0 Å². The molecule has 0 aliphatic carbocycles. The number of aromatic nitrogens is 2. The van der Waals surface area contributed by atoms with Crippen LogP contribution in [0.15, 0.2) is 12.3 Å². The fourth-order valence-corrected chi connectivity index (χ4v) is 2.60. The third-order valence-corrected chi connectivity index (χ3v) is 4.05. The first-order chi connectivity index (χ1) is 9.11. The van der Waals surface area contributed by atoms with Gasteiger partial charge >= 0.3 is 0 Å². The molecule has 0 radical (unpaired) electrons. The molecule has 1 aliphatic heterocycles. The zero-order chi connectivity index (χ0) is 13.8. The number of anilines is 2. The molecule has 0 bridgehead atoms. The van der Waals surface area contributed by atoms with Gasteiger partial charge in [-0.05, 0) is 38.8 Å². The van der Waals surface area contributed by atoms with E-state index in [1.807, 2.05) is 38.3 Å². The van der Waals surface area contributed by atoms with Gasteiger partial charge < -0.3 is 15.1 Å². The number of hydrogen-bond acceptors (Lipinski definition) is 5. The number of piperidine rings is 1. The van der Waals surface area contributed by atoms with Gasteiger partial charge in [0.25, 0.3) is 0 Å². The average Bonchev–Trinajstić information content (AvgIpc) is 2.46. The molecule has 1 aromatic rings. The molecule has 0 amide bonds. The topological polar surface area (TPSA) is 44.3 Å². The fraction of sp³-hybridized carbons (Fsp3) is 0.714. The Bertz CT molecular complexity index is 399. The molecule has 1 fully saturated rings. The molecule has 0 spiro atoms. The number of rotatable bonds is 4. The van der Waals surface area contributed by atoms with Gasteiger partial charge in [-0.1, -0.05) is 0 Å². The second-order valence-corrected chi connectivity index (χ2v) is 5.51. The quantitative estimate of drug-likeness (QED) is 0.889. The van der Waals surface area contributed by atoms with Crippen LogP contribution < -0.4 is 15.1 Å². The van der Waals surface area contributed by atoms with Gasteiger partial charge in [0.05, 0.1) is 0 Å². The summed E-state index contributed by atoms with van der Waals surface area (Å²) in [4.78, 5) is 13.2. The van der Waals surface area contributed by atoms with E-state index in [0.29, 0.717) is 6.04 Å². The fourth-order valence-electron chi connectivity index (χ4n) is 2.60. The Morgan fingerprint density at radius 1 is 1.37 bits per heavy atom. The summed E-state index contributed by atoms with van der Waals surface area (Å²) in [6.45, 7) is 4.44. The first kappa shape index (κ1) is 14.1. The van der Waals surface area contributed by atoms with Gasteiger partial charge in [0.1, 0.15) is 5.82 Å². The Labute approximate surface area is 116 Å². The van der Waals surface area contributed by atoms with Crippen molar-refractivity contribution in [3.63, 3.8) is 0 Å². The maximum Gasteiger partial charge on any atom is 0.226 e. The van der Waals surface area contributed by atoms with E-state index < -0.39 is 0 Å². The van der Waals surface area contributed by atoms with Crippen LogP contribution in [-0.4, -0.2) is 50.2 Å². The van der Waals surface area contributed by atoms with Crippen molar-refractivity contribution in [1.82, 2.24) is 15.3 Å².